The van der Waals surface area contributed by atoms with Crippen LogP contribution in [0.15, 0.2) is 5.10 Å². The zero-order valence-corrected chi connectivity index (χ0v) is 11.8. The Morgan fingerprint density at radius 1 is 1.40 bits per heavy atom. The molecule has 2 rings (SSSR count). The molecule has 20 heavy (non-hydrogen) atoms. The van der Waals surface area contributed by atoms with Gasteiger partial charge in [0.25, 0.3) is 5.91 Å². The van der Waals surface area contributed by atoms with E-state index in [4.69, 9.17) is 4.74 Å². The Kier molecular flexibility index (Phi) is 4.36. The Labute approximate surface area is 117 Å². The zero-order valence-electron chi connectivity index (χ0n) is 11.8. The summed E-state index contributed by atoms with van der Waals surface area (Å²) in [5.41, 5.74) is 0.336. The maximum atomic E-state index is 12.4. The number of ether oxygens (including phenoxy) is 1. The maximum absolute atomic E-state index is 12.4. The monoisotopic (exact) mass is 281 g/mol. The molecule has 7 heteroatoms. The molecule has 1 aliphatic heterocycles. The number of amides is 2. The lowest BCUT2D eigenvalue weighted by molar-refractivity contribution is -0.147. The van der Waals surface area contributed by atoms with Crippen molar-refractivity contribution in [1.29, 1.82) is 0 Å². The number of nitrogens with zero attached hydrogens (tertiary/aromatic N) is 3. The van der Waals surface area contributed by atoms with Crippen molar-refractivity contribution in [3.05, 3.63) is 0 Å². The lowest BCUT2D eigenvalue weighted by Gasteiger charge is -2.25. The van der Waals surface area contributed by atoms with E-state index in [1.165, 1.54) is 17.0 Å². The van der Waals surface area contributed by atoms with Crippen molar-refractivity contribution in [3.63, 3.8) is 0 Å². The van der Waals surface area contributed by atoms with Gasteiger partial charge in [-0.1, -0.05) is 0 Å². The van der Waals surface area contributed by atoms with Crippen LogP contribution >= 0.6 is 0 Å². The Morgan fingerprint density at radius 2 is 2.10 bits per heavy atom. The van der Waals surface area contributed by atoms with E-state index < -0.39 is 5.97 Å². The number of rotatable bonds is 5. The van der Waals surface area contributed by atoms with Gasteiger partial charge in [0.15, 0.2) is 0 Å². The van der Waals surface area contributed by atoms with Crippen LogP contribution in [0.25, 0.3) is 0 Å². The third-order valence-electron chi connectivity index (χ3n) is 3.31. The minimum atomic E-state index is -0.409. The third-order valence-corrected chi connectivity index (χ3v) is 3.31. The van der Waals surface area contributed by atoms with E-state index in [0.717, 1.165) is 12.8 Å². The normalized spacial score (nSPS) is 18.6. The van der Waals surface area contributed by atoms with E-state index >= 15 is 0 Å². The molecule has 0 unspecified atom stereocenters. The molecule has 1 saturated carbocycles. The Balaban J connectivity index is 2.05. The van der Waals surface area contributed by atoms with Crippen LogP contribution in [0.3, 0.4) is 0 Å². The summed E-state index contributed by atoms with van der Waals surface area (Å²) in [6.45, 7) is 1.98. The second kappa shape index (κ2) is 6.02. The van der Waals surface area contributed by atoms with Crippen molar-refractivity contribution in [2.24, 2.45) is 5.10 Å². The Morgan fingerprint density at radius 3 is 2.65 bits per heavy atom. The van der Waals surface area contributed by atoms with Crippen LogP contribution in [-0.4, -0.2) is 59.6 Å². The van der Waals surface area contributed by atoms with Gasteiger partial charge in [-0.05, 0) is 19.8 Å². The maximum Gasteiger partial charge on any atom is 0.325 e. The summed E-state index contributed by atoms with van der Waals surface area (Å²) in [7, 11) is 1.53. The first kappa shape index (κ1) is 14.5. The van der Waals surface area contributed by atoms with Crippen molar-refractivity contribution in [1.82, 2.24) is 9.91 Å². The second-order valence-corrected chi connectivity index (χ2v) is 4.93. The Bertz CT molecular complexity index is 457. The van der Waals surface area contributed by atoms with Gasteiger partial charge in [-0.25, -0.2) is 5.01 Å². The lowest BCUT2D eigenvalue weighted by Crippen LogP contribution is -2.44. The highest BCUT2D eigenvalue weighted by Gasteiger charge is 2.37. The summed E-state index contributed by atoms with van der Waals surface area (Å²) in [6, 6.07) is 0.0949. The van der Waals surface area contributed by atoms with Gasteiger partial charge in [-0.2, -0.15) is 5.10 Å². The van der Waals surface area contributed by atoms with E-state index in [-0.39, 0.29) is 30.8 Å². The predicted molar refractivity (Wildman–Crippen MR) is 70.8 cm³/mol. The molecule has 0 N–H and O–H groups in total. The number of carbonyl (C=O) groups excluding carboxylic acids is 3. The SMILES string of the molecule is CCOC(=O)CN(C(=O)C1=NN(C)C(=O)CC1)C1CC1. The quantitative estimate of drug-likeness (QED) is 0.672. The van der Waals surface area contributed by atoms with Crippen LogP contribution in [0, 0.1) is 0 Å². The van der Waals surface area contributed by atoms with Gasteiger partial charge >= 0.3 is 5.97 Å². The highest BCUT2D eigenvalue weighted by Crippen LogP contribution is 2.27. The van der Waals surface area contributed by atoms with Crippen molar-refractivity contribution in [3.8, 4) is 0 Å². The third kappa shape index (κ3) is 3.34. The average molecular weight is 281 g/mol. The molecule has 0 aromatic carbocycles. The molecule has 1 heterocycles. The van der Waals surface area contributed by atoms with Crippen molar-refractivity contribution < 1.29 is 19.1 Å². The standard InChI is InChI=1S/C13H19N3O4/c1-3-20-12(18)8-16(9-4-5-9)13(19)10-6-7-11(17)15(2)14-10/h9H,3-8H2,1-2H3. The molecular formula is C13H19N3O4. The highest BCUT2D eigenvalue weighted by atomic mass is 16.5. The van der Waals surface area contributed by atoms with Crippen molar-refractivity contribution in [2.45, 2.75) is 38.6 Å². The molecule has 110 valence electrons. The largest absolute Gasteiger partial charge is 0.465 e. The molecule has 0 aromatic rings. The fourth-order valence-electron chi connectivity index (χ4n) is 2.09. The van der Waals surface area contributed by atoms with Crippen LogP contribution in [0.5, 0.6) is 0 Å². The molecule has 1 fully saturated rings. The van der Waals surface area contributed by atoms with E-state index in [9.17, 15) is 14.4 Å². The van der Waals surface area contributed by atoms with Gasteiger partial charge in [0.05, 0.1) is 6.61 Å². The fourth-order valence-corrected chi connectivity index (χ4v) is 2.09. The van der Waals surface area contributed by atoms with Gasteiger partial charge in [0.2, 0.25) is 5.91 Å². The molecule has 2 aliphatic rings. The molecule has 0 aromatic heterocycles. The van der Waals surface area contributed by atoms with Crippen LogP contribution in [-0.2, 0) is 19.1 Å². The molecule has 0 saturated heterocycles. The smallest absolute Gasteiger partial charge is 0.325 e. The lowest BCUT2D eigenvalue weighted by atomic mass is 10.1. The Hall–Kier alpha value is -1.92. The first-order chi connectivity index (χ1) is 9.52. The zero-order chi connectivity index (χ0) is 14.7. The van der Waals surface area contributed by atoms with Gasteiger partial charge in [-0.15, -0.1) is 0 Å². The van der Waals surface area contributed by atoms with Crippen molar-refractivity contribution >= 4 is 23.5 Å². The molecule has 1 aliphatic carbocycles. The summed E-state index contributed by atoms with van der Waals surface area (Å²) in [5.74, 6) is -0.779. The molecular weight excluding hydrogens is 262 g/mol. The molecule has 0 bridgehead atoms. The van der Waals surface area contributed by atoms with E-state index in [1.807, 2.05) is 0 Å². The number of carbonyl (C=O) groups is 3. The van der Waals surface area contributed by atoms with Gasteiger partial charge in [0, 0.05) is 25.9 Å². The van der Waals surface area contributed by atoms with Crippen LogP contribution in [0.4, 0.5) is 0 Å². The van der Waals surface area contributed by atoms with Crippen LogP contribution < -0.4 is 0 Å². The predicted octanol–water partition coefficient (Wildman–Crippen LogP) is 0.149. The summed E-state index contributed by atoms with van der Waals surface area (Å²) in [6.07, 6.45) is 2.40. The van der Waals surface area contributed by atoms with Gasteiger partial charge in [-0.3, -0.25) is 14.4 Å². The first-order valence-corrected chi connectivity index (χ1v) is 6.83. The van der Waals surface area contributed by atoms with Gasteiger partial charge in [0.1, 0.15) is 12.3 Å². The number of hydrogen-bond donors (Lipinski definition) is 0. The molecule has 0 atom stereocenters. The van der Waals surface area contributed by atoms with Crippen molar-refractivity contribution in [2.75, 3.05) is 20.2 Å². The molecule has 2 amide bonds. The number of hydrazone groups is 1. The molecule has 7 nitrogen and oxygen atoms in total. The number of esters is 1. The van der Waals surface area contributed by atoms with Crippen LogP contribution in [0.1, 0.15) is 32.6 Å². The summed E-state index contributed by atoms with van der Waals surface area (Å²) in [4.78, 5) is 36.9. The topological polar surface area (TPSA) is 79.3 Å². The van der Waals surface area contributed by atoms with Gasteiger partial charge < -0.3 is 9.64 Å². The van der Waals surface area contributed by atoms with E-state index in [1.54, 1.807) is 6.92 Å². The minimum absolute atomic E-state index is 0.0476. The molecule has 0 spiro atoms. The highest BCUT2D eigenvalue weighted by molar-refractivity contribution is 6.39. The summed E-state index contributed by atoms with van der Waals surface area (Å²) >= 11 is 0. The number of hydrogen-bond acceptors (Lipinski definition) is 5. The fraction of sp³-hybridized carbons (Fsp3) is 0.692. The van der Waals surface area contributed by atoms with E-state index in [2.05, 4.69) is 5.10 Å². The summed E-state index contributed by atoms with van der Waals surface area (Å²) in [5, 5.41) is 5.19. The average Bonchev–Trinajstić information content (AvgIpc) is 3.23. The first-order valence-electron chi connectivity index (χ1n) is 6.83. The summed E-state index contributed by atoms with van der Waals surface area (Å²) < 4.78 is 4.89. The minimum Gasteiger partial charge on any atom is -0.465 e. The van der Waals surface area contributed by atoms with Crippen LogP contribution in [0.2, 0.25) is 0 Å². The second-order valence-electron chi connectivity index (χ2n) is 4.93. The van der Waals surface area contributed by atoms with E-state index in [0.29, 0.717) is 18.7 Å². The molecule has 0 radical (unpaired) electrons.